The maximum absolute atomic E-state index is 6.00. The zero-order valence-corrected chi connectivity index (χ0v) is 6.29. The maximum atomic E-state index is 6.00. The fraction of sp³-hybridized carbons (Fsp3) is 0.778. The molecule has 1 nitrogen and oxygen atoms in total. The van der Waals surface area contributed by atoms with E-state index in [1.54, 1.807) is 0 Å². The molecular weight excluding hydrogens is 122 g/mol. The summed E-state index contributed by atoms with van der Waals surface area (Å²) in [6, 6.07) is 0.441. The van der Waals surface area contributed by atoms with E-state index in [-0.39, 0.29) is 0 Å². The fourth-order valence-corrected chi connectivity index (χ4v) is 2.73. The normalized spacial score (nSPS) is 51.7. The Morgan fingerprint density at radius 2 is 2.00 bits per heavy atom. The average molecular weight is 137 g/mol. The molecule has 2 aliphatic carbocycles. The van der Waals surface area contributed by atoms with Gasteiger partial charge in [-0.25, -0.2) is 0 Å². The van der Waals surface area contributed by atoms with Gasteiger partial charge in [0.1, 0.15) is 0 Å². The van der Waals surface area contributed by atoms with Crippen LogP contribution in [-0.2, 0) is 0 Å². The smallest absolute Gasteiger partial charge is 0.0133 e. The summed E-state index contributed by atoms with van der Waals surface area (Å²) in [7, 11) is 0. The van der Waals surface area contributed by atoms with Gasteiger partial charge in [-0.3, -0.25) is 0 Å². The zero-order chi connectivity index (χ0) is 7.14. The van der Waals surface area contributed by atoms with Gasteiger partial charge in [0.2, 0.25) is 0 Å². The molecule has 0 saturated heterocycles. The van der Waals surface area contributed by atoms with Gasteiger partial charge in [-0.15, -0.1) is 6.58 Å². The van der Waals surface area contributed by atoms with Crippen LogP contribution in [0.3, 0.4) is 0 Å². The molecule has 0 heterocycles. The molecule has 2 fully saturated rings. The predicted octanol–water partition coefficient (Wildman–Crippen LogP) is 1.55. The second-order valence-electron chi connectivity index (χ2n) is 3.72. The van der Waals surface area contributed by atoms with Crippen molar-refractivity contribution in [1.29, 1.82) is 0 Å². The molecule has 0 aromatic rings. The Labute approximate surface area is 62.3 Å². The summed E-state index contributed by atoms with van der Waals surface area (Å²) in [6.07, 6.45) is 6.21. The molecule has 0 radical (unpaired) electrons. The summed E-state index contributed by atoms with van der Waals surface area (Å²) in [4.78, 5) is 0. The van der Waals surface area contributed by atoms with Crippen LogP contribution in [-0.4, -0.2) is 6.04 Å². The van der Waals surface area contributed by atoms with Gasteiger partial charge in [-0.2, -0.15) is 0 Å². The molecule has 2 N–H and O–H groups in total. The Morgan fingerprint density at radius 3 is 2.40 bits per heavy atom. The highest BCUT2D eigenvalue weighted by atomic mass is 14.7. The number of hydrogen-bond acceptors (Lipinski definition) is 1. The second-order valence-corrected chi connectivity index (χ2v) is 3.72. The van der Waals surface area contributed by atoms with Crippen LogP contribution in [0.2, 0.25) is 0 Å². The van der Waals surface area contributed by atoms with Gasteiger partial charge >= 0.3 is 0 Å². The monoisotopic (exact) mass is 137 g/mol. The van der Waals surface area contributed by atoms with E-state index >= 15 is 0 Å². The van der Waals surface area contributed by atoms with E-state index in [1.165, 1.54) is 19.3 Å². The van der Waals surface area contributed by atoms with E-state index < -0.39 is 0 Å². The number of rotatable bonds is 1. The highest BCUT2D eigenvalue weighted by Crippen LogP contribution is 2.47. The van der Waals surface area contributed by atoms with E-state index in [9.17, 15) is 0 Å². The molecule has 2 rings (SSSR count). The molecule has 2 aliphatic rings. The molecule has 0 aromatic carbocycles. The van der Waals surface area contributed by atoms with Crippen LogP contribution in [0.4, 0.5) is 0 Å². The molecule has 2 bridgehead atoms. The zero-order valence-electron chi connectivity index (χ0n) is 6.29. The van der Waals surface area contributed by atoms with Crippen molar-refractivity contribution in [3.05, 3.63) is 12.7 Å². The Morgan fingerprint density at radius 1 is 1.30 bits per heavy atom. The summed E-state index contributed by atoms with van der Waals surface area (Å²) in [5, 5.41) is 0. The Balaban J connectivity index is 2.16. The van der Waals surface area contributed by atoms with Gasteiger partial charge in [-0.1, -0.05) is 6.08 Å². The third kappa shape index (κ3) is 0.671. The standard InChI is InChI=1S/C9H15N/c1-2-8-6-3-4-7(5-6)9(8)10/h2,6-9H,1,3-5,10H2/t6-,7+,8-,9-/m0/s1. The Kier molecular flexibility index (Phi) is 1.34. The Hall–Kier alpha value is -0.300. The molecule has 1 heteroatoms. The molecule has 0 amide bonds. The highest BCUT2D eigenvalue weighted by Gasteiger charge is 2.43. The minimum absolute atomic E-state index is 0.441. The van der Waals surface area contributed by atoms with Gasteiger partial charge in [0.25, 0.3) is 0 Å². The number of fused-ring (bicyclic) bond motifs is 2. The molecular formula is C9H15N. The molecule has 0 aliphatic heterocycles. The topological polar surface area (TPSA) is 26.0 Å². The summed E-state index contributed by atoms with van der Waals surface area (Å²) < 4.78 is 0. The largest absolute Gasteiger partial charge is 0.327 e. The van der Waals surface area contributed by atoms with E-state index in [0.717, 1.165) is 11.8 Å². The third-order valence-corrected chi connectivity index (χ3v) is 3.32. The summed E-state index contributed by atoms with van der Waals surface area (Å²) >= 11 is 0. The van der Waals surface area contributed by atoms with Crippen LogP contribution in [0.1, 0.15) is 19.3 Å². The van der Waals surface area contributed by atoms with Crippen molar-refractivity contribution >= 4 is 0 Å². The van der Waals surface area contributed by atoms with Gasteiger partial charge < -0.3 is 5.73 Å². The highest BCUT2D eigenvalue weighted by molar-refractivity contribution is 5.04. The fourth-order valence-electron chi connectivity index (χ4n) is 2.73. The number of nitrogens with two attached hydrogens (primary N) is 1. The molecule has 10 heavy (non-hydrogen) atoms. The molecule has 0 spiro atoms. The SMILES string of the molecule is C=C[C@H]1[C@H]2CC[C@H](C2)[C@@H]1N. The lowest BCUT2D eigenvalue weighted by atomic mass is 9.85. The number of hydrogen-bond donors (Lipinski definition) is 1. The molecule has 4 atom stereocenters. The van der Waals surface area contributed by atoms with Gasteiger partial charge in [0, 0.05) is 6.04 Å². The first kappa shape index (κ1) is 6.41. The van der Waals surface area contributed by atoms with E-state index in [2.05, 4.69) is 12.7 Å². The van der Waals surface area contributed by atoms with Crippen LogP contribution in [0, 0.1) is 17.8 Å². The van der Waals surface area contributed by atoms with Gasteiger partial charge in [0.15, 0.2) is 0 Å². The third-order valence-electron chi connectivity index (χ3n) is 3.32. The molecule has 2 saturated carbocycles. The van der Waals surface area contributed by atoms with Crippen LogP contribution in [0.5, 0.6) is 0 Å². The van der Waals surface area contributed by atoms with Gasteiger partial charge in [0.05, 0.1) is 0 Å². The predicted molar refractivity (Wildman–Crippen MR) is 42.5 cm³/mol. The minimum atomic E-state index is 0.441. The first-order chi connectivity index (χ1) is 4.83. The first-order valence-corrected chi connectivity index (χ1v) is 4.21. The van der Waals surface area contributed by atoms with Gasteiger partial charge in [-0.05, 0) is 37.0 Å². The first-order valence-electron chi connectivity index (χ1n) is 4.21. The van der Waals surface area contributed by atoms with Crippen molar-refractivity contribution in [2.24, 2.45) is 23.5 Å². The van der Waals surface area contributed by atoms with Crippen LogP contribution < -0.4 is 5.73 Å². The maximum Gasteiger partial charge on any atom is 0.0133 e. The summed E-state index contributed by atoms with van der Waals surface area (Å²) in [6.45, 7) is 3.83. The van der Waals surface area contributed by atoms with E-state index in [0.29, 0.717) is 12.0 Å². The minimum Gasteiger partial charge on any atom is -0.327 e. The van der Waals surface area contributed by atoms with Crippen molar-refractivity contribution in [1.82, 2.24) is 0 Å². The second kappa shape index (κ2) is 2.09. The average Bonchev–Trinajstić information content (AvgIpc) is 2.46. The van der Waals surface area contributed by atoms with Crippen molar-refractivity contribution in [3.8, 4) is 0 Å². The van der Waals surface area contributed by atoms with Crippen LogP contribution in [0.15, 0.2) is 12.7 Å². The van der Waals surface area contributed by atoms with Crippen molar-refractivity contribution in [3.63, 3.8) is 0 Å². The van der Waals surface area contributed by atoms with E-state index in [4.69, 9.17) is 5.73 Å². The van der Waals surface area contributed by atoms with Crippen LogP contribution in [0.25, 0.3) is 0 Å². The van der Waals surface area contributed by atoms with E-state index in [1.807, 2.05) is 0 Å². The molecule has 56 valence electrons. The molecule has 0 unspecified atom stereocenters. The van der Waals surface area contributed by atoms with Crippen molar-refractivity contribution in [2.75, 3.05) is 0 Å². The van der Waals surface area contributed by atoms with Crippen molar-refractivity contribution in [2.45, 2.75) is 25.3 Å². The lowest BCUT2D eigenvalue weighted by molar-refractivity contribution is 0.343. The quantitative estimate of drug-likeness (QED) is 0.545. The van der Waals surface area contributed by atoms with Crippen LogP contribution >= 0.6 is 0 Å². The summed E-state index contributed by atoms with van der Waals surface area (Å²) in [5.74, 6) is 2.35. The lowest BCUT2D eigenvalue weighted by Crippen LogP contribution is -2.34. The molecule has 0 aromatic heterocycles. The Bertz CT molecular complexity index is 151. The lowest BCUT2D eigenvalue weighted by Gasteiger charge is -2.24. The van der Waals surface area contributed by atoms with Crippen molar-refractivity contribution < 1.29 is 0 Å². The summed E-state index contributed by atoms with van der Waals surface area (Å²) in [5.41, 5.74) is 6.00.